The topological polar surface area (TPSA) is 60.6 Å². The lowest BCUT2D eigenvalue weighted by molar-refractivity contribution is 0.598. The van der Waals surface area contributed by atoms with Crippen LogP contribution in [-0.4, -0.2) is 30.8 Å². The summed E-state index contributed by atoms with van der Waals surface area (Å²) in [6, 6.07) is 2.83. The highest BCUT2D eigenvalue weighted by Gasteiger charge is 2.20. The Morgan fingerprint density at radius 3 is 2.89 bits per heavy atom. The standard InChI is InChI=1S/C13H20N6/c1-3-10-6-13(18(2)16-10)9-19-8-12(15-17-19)7-14-11-4-5-11/h6,8,11,14H,3-5,7,9H2,1-2H3. The van der Waals surface area contributed by atoms with Crippen LogP contribution in [0.3, 0.4) is 0 Å². The summed E-state index contributed by atoms with van der Waals surface area (Å²) >= 11 is 0. The molecule has 0 spiro atoms. The van der Waals surface area contributed by atoms with Gasteiger partial charge in [-0.1, -0.05) is 12.1 Å². The van der Waals surface area contributed by atoms with Crippen LogP contribution in [0.2, 0.25) is 0 Å². The van der Waals surface area contributed by atoms with Gasteiger partial charge in [-0.15, -0.1) is 5.10 Å². The van der Waals surface area contributed by atoms with E-state index < -0.39 is 0 Å². The van der Waals surface area contributed by atoms with Crippen molar-refractivity contribution in [3.63, 3.8) is 0 Å². The number of hydrogen-bond acceptors (Lipinski definition) is 4. The number of rotatable bonds is 6. The largest absolute Gasteiger partial charge is 0.308 e. The molecular formula is C13H20N6. The van der Waals surface area contributed by atoms with Gasteiger partial charge in [-0.3, -0.25) is 4.68 Å². The van der Waals surface area contributed by atoms with Crippen molar-refractivity contribution in [2.24, 2.45) is 7.05 Å². The molecular weight excluding hydrogens is 240 g/mol. The average molecular weight is 260 g/mol. The van der Waals surface area contributed by atoms with Gasteiger partial charge in [0.2, 0.25) is 0 Å². The van der Waals surface area contributed by atoms with Gasteiger partial charge in [-0.05, 0) is 25.3 Å². The van der Waals surface area contributed by atoms with E-state index in [1.165, 1.54) is 12.8 Å². The first-order valence-corrected chi connectivity index (χ1v) is 6.88. The van der Waals surface area contributed by atoms with Crippen LogP contribution in [0.4, 0.5) is 0 Å². The zero-order chi connectivity index (χ0) is 13.2. The lowest BCUT2D eigenvalue weighted by Gasteiger charge is -2.00. The molecule has 3 rings (SSSR count). The van der Waals surface area contributed by atoms with E-state index >= 15 is 0 Å². The van der Waals surface area contributed by atoms with Gasteiger partial charge >= 0.3 is 0 Å². The minimum atomic E-state index is 0.703. The Labute approximate surface area is 112 Å². The molecule has 1 aliphatic rings. The van der Waals surface area contributed by atoms with E-state index in [9.17, 15) is 0 Å². The van der Waals surface area contributed by atoms with Crippen molar-refractivity contribution >= 4 is 0 Å². The quantitative estimate of drug-likeness (QED) is 0.837. The van der Waals surface area contributed by atoms with E-state index in [4.69, 9.17) is 0 Å². The minimum absolute atomic E-state index is 0.703. The summed E-state index contributed by atoms with van der Waals surface area (Å²) < 4.78 is 3.79. The second-order valence-corrected chi connectivity index (χ2v) is 5.17. The summed E-state index contributed by atoms with van der Waals surface area (Å²) in [5.74, 6) is 0. The SMILES string of the molecule is CCc1cc(Cn2cc(CNC3CC3)nn2)n(C)n1. The molecule has 0 aromatic carbocycles. The molecule has 0 amide bonds. The Morgan fingerprint density at radius 1 is 1.37 bits per heavy atom. The number of aromatic nitrogens is 5. The Kier molecular flexibility index (Phi) is 3.33. The lowest BCUT2D eigenvalue weighted by atomic mass is 10.3. The Balaban J connectivity index is 1.63. The molecule has 0 saturated heterocycles. The van der Waals surface area contributed by atoms with E-state index in [0.29, 0.717) is 6.04 Å². The number of aryl methyl sites for hydroxylation is 2. The van der Waals surface area contributed by atoms with Crippen LogP contribution in [0.1, 0.15) is 36.8 Å². The summed E-state index contributed by atoms with van der Waals surface area (Å²) in [5.41, 5.74) is 3.28. The molecule has 19 heavy (non-hydrogen) atoms. The van der Waals surface area contributed by atoms with E-state index in [1.54, 1.807) is 0 Å². The van der Waals surface area contributed by atoms with Crippen LogP contribution in [-0.2, 0) is 26.6 Å². The highest BCUT2D eigenvalue weighted by Crippen LogP contribution is 2.18. The summed E-state index contributed by atoms with van der Waals surface area (Å²) in [4.78, 5) is 0. The molecule has 0 atom stereocenters. The second kappa shape index (κ2) is 5.13. The maximum Gasteiger partial charge on any atom is 0.0965 e. The van der Waals surface area contributed by atoms with Crippen molar-refractivity contribution in [2.75, 3.05) is 0 Å². The van der Waals surface area contributed by atoms with Crippen molar-refractivity contribution in [3.8, 4) is 0 Å². The third kappa shape index (κ3) is 3.01. The van der Waals surface area contributed by atoms with Crippen LogP contribution < -0.4 is 5.32 Å². The van der Waals surface area contributed by atoms with Crippen LogP contribution in [0.5, 0.6) is 0 Å². The zero-order valence-electron chi connectivity index (χ0n) is 11.5. The molecule has 102 valence electrons. The number of nitrogens with one attached hydrogen (secondary N) is 1. The third-order valence-electron chi connectivity index (χ3n) is 3.45. The van der Waals surface area contributed by atoms with E-state index in [-0.39, 0.29) is 0 Å². The lowest BCUT2D eigenvalue weighted by Crippen LogP contribution is -2.15. The van der Waals surface area contributed by atoms with E-state index in [1.807, 2.05) is 22.6 Å². The maximum absolute atomic E-state index is 4.44. The van der Waals surface area contributed by atoms with Gasteiger partial charge < -0.3 is 5.32 Å². The fourth-order valence-corrected chi connectivity index (χ4v) is 2.09. The molecule has 6 nitrogen and oxygen atoms in total. The predicted octanol–water partition coefficient (Wildman–Crippen LogP) is 0.874. The van der Waals surface area contributed by atoms with Gasteiger partial charge in [-0.2, -0.15) is 5.10 Å². The van der Waals surface area contributed by atoms with Crippen LogP contribution in [0, 0.1) is 0 Å². The first kappa shape index (κ1) is 12.3. The molecule has 1 aliphatic carbocycles. The summed E-state index contributed by atoms with van der Waals surface area (Å²) in [6.45, 7) is 3.65. The van der Waals surface area contributed by atoms with Gasteiger partial charge in [0.15, 0.2) is 0 Å². The van der Waals surface area contributed by atoms with Gasteiger partial charge in [0, 0.05) is 19.6 Å². The van der Waals surface area contributed by atoms with Crippen LogP contribution in [0.15, 0.2) is 12.3 Å². The Bertz CT molecular complexity index is 551. The molecule has 2 aromatic heterocycles. The highest BCUT2D eigenvalue weighted by molar-refractivity contribution is 5.10. The van der Waals surface area contributed by atoms with Crippen LogP contribution >= 0.6 is 0 Å². The summed E-state index contributed by atoms with van der Waals surface area (Å²) in [7, 11) is 1.97. The van der Waals surface area contributed by atoms with E-state index in [2.05, 4.69) is 33.7 Å². The van der Waals surface area contributed by atoms with Gasteiger partial charge in [0.25, 0.3) is 0 Å². The van der Waals surface area contributed by atoms with Crippen molar-refractivity contribution < 1.29 is 0 Å². The molecule has 6 heteroatoms. The third-order valence-corrected chi connectivity index (χ3v) is 3.45. The van der Waals surface area contributed by atoms with Crippen molar-refractivity contribution in [1.29, 1.82) is 0 Å². The number of hydrogen-bond donors (Lipinski definition) is 1. The van der Waals surface area contributed by atoms with Gasteiger partial charge in [-0.25, -0.2) is 4.68 Å². The molecule has 1 N–H and O–H groups in total. The van der Waals surface area contributed by atoms with E-state index in [0.717, 1.165) is 36.6 Å². The molecule has 2 heterocycles. The summed E-state index contributed by atoms with van der Waals surface area (Å²) in [5, 5.41) is 16.2. The molecule has 0 aliphatic heterocycles. The first-order chi connectivity index (χ1) is 9.24. The van der Waals surface area contributed by atoms with Crippen molar-refractivity contribution in [3.05, 3.63) is 29.3 Å². The smallest absolute Gasteiger partial charge is 0.0965 e. The molecule has 0 unspecified atom stereocenters. The maximum atomic E-state index is 4.44. The fraction of sp³-hybridized carbons (Fsp3) is 0.615. The molecule has 1 saturated carbocycles. The first-order valence-electron chi connectivity index (χ1n) is 6.88. The highest BCUT2D eigenvalue weighted by atomic mass is 15.4. The predicted molar refractivity (Wildman–Crippen MR) is 71.6 cm³/mol. The van der Waals surface area contributed by atoms with Crippen molar-refractivity contribution in [1.82, 2.24) is 30.1 Å². The normalized spacial score (nSPS) is 15.1. The molecule has 2 aromatic rings. The van der Waals surface area contributed by atoms with Gasteiger partial charge in [0.1, 0.15) is 0 Å². The van der Waals surface area contributed by atoms with Crippen molar-refractivity contribution in [2.45, 2.75) is 45.3 Å². The minimum Gasteiger partial charge on any atom is -0.308 e. The molecule has 1 fully saturated rings. The monoisotopic (exact) mass is 260 g/mol. The molecule has 0 radical (unpaired) electrons. The van der Waals surface area contributed by atoms with Gasteiger partial charge in [0.05, 0.1) is 29.8 Å². The fourth-order valence-electron chi connectivity index (χ4n) is 2.09. The Hall–Kier alpha value is -1.69. The molecule has 0 bridgehead atoms. The summed E-state index contributed by atoms with van der Waals surface area (Å²) in [6.07, 6.45) is 5.56. The second-order valence-electron chi connectivity index (χ2n) is 5.17. The van der Waals surface area contributed by atoms with Crippen LogP contribution in [0.25, 0.3) is 0 Å². The Morgan fingerprint density at radius 2 is 2.21 bits per heavy atom. The average Bonchev–Trinajstić information content (AvgIpc) is 3.03. The number of nitrogens with zero attached hydrogens (tertiary/aromatic N) is 5. The zero-order valence-corrected chi connectivity index (χ0v) is 11.5.